The van der Waals surface area contributed by atoms with Gasteiger partial charge in [0.2, 0.25) is 15.9 Å². The Bertz CT molecular complexity index is 845. The van der Waals surface area contributed by atoms with Crippen molar-refractivity contribution in [3.63, 3.8) is 0 Å². The Morgan fingerprint density at radius 2 is 1.68 bits per heavy atom. The van der Waals surface area contributed by atoms with E-state index in [4.69, 9.17) is 0 Å². The molecule has 2 aromatic rings. The number of carbonyl (C=O) groups excluding carboxylic acids is 1. The second-order valence-corrected chi connectivity index (χ2v) is 8.07. The Morgan fingerprint density at radius 1 is 1.08 bits per heavy atom. The Morgan fingerprint density at radius 3 is 2.24 bits per heavy atom. The van der Waals surface area contributed by atoms with Crippen LogP contribution in [0.25, 0.3) is 0 Å². The molecule has 0 fully saturated rings. The van der Waals surface area contributed by atoms with Gasteiger partial charge in [-0.25, -0.2) is 8.42 Å². The molecule has 0 aliphatic carbocycles. The molecule has 1 atom stereocenters. The SMILES string of the molecule is Cc1ccc(N([C@@H](C)C(=O)NCc2ccccc2C)S(C)(=O)=O)cc1. The Hall–Kier alpha value is -2.34. The van der Waals surface area contributed by atoms with Gasteiger partial charge in [-0.3, -0.25) is 9.10 Å². The van der Waals surface area contributed by atoms with Crippen molar-refractivity contribution in [3.8, 4) is 0 Å². The maximum atomic E-state index is 12.5. The van der Waals surface area contributed by atoms with Gasteiger partial charge >= 0.3 is 0 Å². The Balaban J connectivity index is 2.18. The van der Waals surface area contributed by atoms with Crippen LogP contribution in [0.3, 0.4) is 0 Å². The number of nitrogens with one attached hydrogen (secondary N) is 1. The number of rotatable bonds is 6. The van der Waals surface area contributed by atoms with Crippen LogP contribution in [0.4, 0.5) is 5.69 Å². The summed E-state index contributed by atoms with van der Waals surface area (Å²) < 4.78 is 25.6. The highest BCUT2D eigenvalue weighted by Gasteiger charge is 2.28. The van der Waals surface area contributed by atoms with E-state index in [0.29, 0.717) is 12.2 Å². The van der Waals surface area contributed by atoms with E-state index < -0.39 is 16.1 Å². The summed E-state index contributed by atoms with van der Waals surface area (Å²) in [6, 6.07) is 14.0. The lowest BCUT2D eigenvalue weighted by molar-refractivity contribution is -0.122. The number of amides is 1. The molecule has 0 unspecified atom stereocenters. The van der Waals surface area contributed by atoms with Crippen LogP contribution in [0.1, 0.15) is 23.6 Å². The van der Waals surface area contributed by atoms with E-state index in [2.05, 4.69) is 5.32 Å². The average molecular weight is 360 g/mol. The molecular formula is C19H24N2O3S. The van der Waals surface area contributed by atoms with Gasteiger partial charge in [-0.15, -0.1) is 0 Å². The van der Waals surface area contributed by atoms with E-state index in [1.807, 2.05) is 50.2 Å². The van der Waals surface area contributed by atoms with Gasteiger partial charge in [-0.05, 0) is 44.0 Å². The standard InChI is InChI=1S/C19H24N2O3S/c1-14-9-11-18(12-10-14)21(25(4,23)24)16(3)19(22)20-13-17-8-6-5-7-15(17)2/h5-12,16H,13H2,1-4H3,(H,20,22)/t16-/m0/s1. The van der Waals surface area contributed by atoms with Crippen LogP contribution >= 0.6 is 0 Å². The zero-order valence-corrected chi connectivity index (χ0v) is 15.8. The highest BCUT2D eigenvalue weighted by molar-refractivity contribution is 7.92. The van der Waals surface area contributed by atoms with E-state index in [0.717, 1.165) is 27.3 Å². The Labute approximate surface area is 149 Å². The molecule has 0 heterocycles. The molecule has 2 rings (SSSR count). The zero-order chi connectivity index (χ0) is 18.6. The lowest BCUT2D eigenvalue weighted by Gasteiger charge is -2.28. The number of benzene rings is 2. The molecule has 0 aliphatic rings. The molecule has 5 nitrogen and oxygen atoms in total. The van der Waals surface area contributed by atoms with E-state index in [9.17, 15) is 13.2 Å². The molecule has 25 heavy (non-hydrogen) atoms. The van der Waals surface area contributed by atoms with Crippen LogP contribution in [0, 0.1) is 13.8 Å². The molecule has 0 bridgehead atoms. The quantitative estimate of drug-likeness (QED) is 0.861. The van der Waals surface area contributed by atoms with Crippen LogP contribution in [0.5, 0.6) is 0 Å². The van der Waals surface area contributed by atoms with Gasteiger partial charge in [-0.1, -0.05) is 42.0 Å². The number of aryl methyl sites for hydroxylation is 2. The van der Waals surface area contributed by atoms with Crippen molar-refractivity contribution in [2.75, 3.05) is 10.6 Å². The smallest absolute Gasteiger partial charge is 0.243 e. The van der Waals surface area contributed by atoms with E-state index >= 15 is 0 Å². The van der Waals surface area contributed by atoms with Crippen LogP contribution in [-0.4, -0.2) is 26.6 Å². The number of sulfonamides is 1. The molecule has 2 aromatic carbocycles. The summed E-state index contributed by atoms with van der Waals surface area (Å²) in [7, 11) is -3.59. The van der Waals surface area contributed by atoms with Crippen molar-refractivity contribution in [2.45, 2.75) is 33.4 Å². The van der Waals surface area contributed by atoms with E-state index in [1.165, 1.54) is 0 Å². The van der Waals surface area contributed by atoms with Gasteiger partial charge in [0.1, 0.15) is 6.04 Å². The minimum absolute atomic E-state index is 0.339. The van der Waals surface area contributed by atoms with Crippen molar-refractivity contribution in [1.29, 1.82) is 0 Å². The first-order chi connectivity index (χ1) is 11.7. The fourth-order valence-electron chi connectivity index (χ4n) is 2.64. The number of anilines is 1. The molecule has 0 aliphatic heterocycles. The van der Waals surface area contributed by atoms with Gasteiger partial charge in [-0.2, -0.15) is 0 Å². The predicted molar refractivity (Wildman–Crippen MR) is 101 cm³/mol. The molecule has 1 N–H and O–H groups in total. The number of nitrogens with zero attached hydrogens (tertiary/aromatic N) is 1. The van der Waals surface area contributed by atoms with Crippen LogP contribution < -0.4 is 9.62 Å². The summed E-state index contributed by atoms with van der Waals surface area (Å²) in [4.78, 5) is 12.5. The number of hydrogen-bond acceptors (Lipinski definition) is 3. The zero-order valence-electron chi connectivity index (χ0n) is 15.0. The predicted octanol–water partition coefficient (Wildman–Crippen LogP) is 2.77. The summed E-state index contributed by atoms with van der Waals surface area (Å²) in [6.45, 7) is 5.85. The third-order valence-electron chi connectivity index (χ3n) is 4.09. The molecule has 0 saturated carbocycles. The van der Waals surface area contributed by atoms with Gasteiger partial charge in [0.15, 0.2) is 0 Å². The first-order valence-corrected chi connectivity index (χ1v) is 9.93. The third kappa shape index (κ3) is 4.82. The fourth-order valence-corrected chi connectivity index (χ4v) is 3.81. The summed E-state index contributed by atoms with van der Waals surface area (Å²) >= 11 is 0. The van der Waals surface area contributed by atoms with Crippen LogP contribution in [-0.2, 0) is 21.4 Å². The van der Waals surface area contributed by atoms with E-state index in [-0.39, 0.29) is 5.91 Å². The highest BCUT2D eigenvalue weighted by Crippen LogP contribution is 2.21. The van der Waals surface area contributed by atoms with Crippen molar-refractivity contribution in [3.05, 3.63) is 65.2 Å². The molecule has 0 aromatic heterocycles. The largest absolute Gasteiger partial charge is 0.350 e. The maximum Gasteiger partial charge on any atom is 0.243 e. The molecule has 1 amide bonds. The second-order valence-electron chi connectivity index (χ2n) is 6.21. The number of carbonyl (C=O) groups is 1. The highest BCUT2D eigenvalue weighted by atomic mass is 32.2. The second kappa shape index (κ2) is 7.70. The van der Waals surface area contributed by atoms with Gasteiger partial charge in [0.25, 0.3) is 0 Å². The van der Waals surface area contributed by atoms with Crippen molar-refractivity contribution in [2.24, 2.45) is 0 Å². The monoisotopic (exact) mass is 360 g/mol. The molecule has 0 spiro atoms. The van der Waals surface area contributed by atoms with E-state index in [1.54, 1.807) is 19.1 Å². The molecule has 134 valence electrons. The molecule has 0 radical (unpaired) electrons. The summed E-state index contributed by atoms with van der Waals surface area (Å²) in [5, 5.41) is 2.83. The first-order valence-electron chi connectivity index (χ1n) is 8.08. The molecule has 6 heteroatoms. The first kappa shape index (κ1) is 19.0. The third-order valence-corrected chi connectivity index (χ3v) is 5.33. The maximum absolute atomic E-state index is 12.5. The average Bonchev–Trinajstić information content (AvgIpc) is 2.54. The van der Waals surface area contributed by atoms with Crippen molar-refractivity contribution < 1.29 is 13.2 Å². The van der Waals surface area contributed by atoms with Crippen LogP contribution in [0.15, 0.2) is 48.5 Å². The van der Waals surface area contributed by atoms with Gasteiger partial charge in [0.05, 0.1) is 11.9 Å². The van der Waals surface area contributed by atoms with Gasteiger partial charge < -0.3 is 5.32 Å². The lowest BCUT2D eigenvalue weighted by Crippen LogP contribution is -2.47. The normalized spacial score (nSPS) is 12.5. The van der Waals surface area contributed by atoms with Gasteiger partial charge in [0, 0.05) is 6.54 Å². The lowest BCUT2D eigenvalue weighted by atomic mass is 10.1. The summed E-state index contributed by atoms with van der Waals surface area (Å²) in [5.41, 5.74) is 3.58. The number of hydrogen-bond donors (Lipinski definition) is 1. The topological polar surface area (TPSA) is 66.5 Å². The summed E-state index contributed by atoms with van der Waals surface area (Å²) in [6.07, 6.45) is 1.11. The van der Waals surface area contributed by atoms with Crippen molar-refractivity contribution in [1.82, 2.24) is 5.32 Å². The minimum Gasteiger partial charge on any atom is -0.350 e. The minimum atomic E-state index is -3.59. The van der Waals surface area contributed by atoms with Crippen LogP contribution in [0.2, 0.25) is 0 Å². The summed E-state index contributed by atoms with van der Waals surface area (Å²) in [5.74, 6) is -0.339. The Kier molecular flexibility index (Phi) is 5.85. The molecule has 0 saturated heterocycles. The molecular weight excluding hydrogens is 336 g/mol. The fraction of sp³-hybridized carbons (Fsp3) is 0.316. The van der Waals surface area contributed by atoms with Crippen molar-refractivity contribution >= 4 is 21.6 Å².